The molecule has 5 heteroatoms. The van der Waals surface area contributed by atoms with Crippen LogP contribution in [0, 0.1) is 11.6 Å². The number of rotatable bonds is 3. The van der Waals surface area contributed by atoms with Crippen LogP contribution in [0.2, 0.25) is 0 Å². The maximum atomic E-state index is 13.1. The van der Waals surface area contributed by atoms with Gasteiger partial charge >= 0.3 is 0 Å². The van der Waals surface area contributed by atoms with Crippen LogP contribution in [0.4, 0.5) is 14.5 Å². The molecule has 14 heavy (non-hydrogen) atoms. The lowest BCUT2D eigenvalue weighted by atomic mass is 10.2. The van der Waals surface area contributed by atoms with Gasteiger partial charge < -0.3 is 15.6 Å². The standard InChI is InChI=1S/C9H11F2NO2/c1-5(13)4-14-9-7(12)3-2-6(10)8(9)11/h2-3,5,13H,4,12H2,1H3/t5-/m0/s1. The van der Waals surface area contributed by atoms with Crippen molar-refractivity contribution >= 4 is 5.69 Å². The fourth-order valence-corrected chi connectivity index (χ4v) is 0.898. The Labute approximate surface area is 80.1 Å². The van der Waals surface area contributed by atoms with Crippen LogP contribution in [0.1, 0.15) is 6.92 Å². The predicted molar refractivity (Wildman–Crippen MR) is 47.9 cm³/mol. The normalized spacial score (nSPS) is 12.6. The summed E-state index contributed by atoms with van der Waals surface area (Å²) in [6.45, 7) is 1.33. The van der Waals surface area contributed by atoms with Crippen molar-refractivity contribution in [3.8, 4) is 5.75 Å². The lowest BCUT2D eigenvalue weighted by molar-refractivity contribution is 0.120. The zero-order valence-corrected chi connectivity index (χ0v) is 7.63. The zero-order valence-electron chi connectivity index (χ0n) is 7.63. The van der Waals surface area contributed by atoms with Gasteiger partial charge in [0.15, 0.2) is 11.6 Å². The Morgan fingerprint density at radius 2 is 2.14 bits per heavy atom. The largest absolute Gasteiger partial charge is 0.486 e. The molecule has 1 aromatic carbocycles. The Kier molecular flexibility index (Phi) is 3.24. The molecule has 0 aliphatic heterocycles. The Bertz CT molecular complexity index is 329. The number of aliphatic hydroxyl groups is 1. The van der Waals surface area contributed by atoms with Gasteiger partial charge in [-0.15, -0.1) is 0 Å². The van der Waals surface area contributed by atoms with Crippen LogP contribution in [-0.4, -0.2) is 17.8 Å². The molecule has 0 saturated carbocycles. The number of hydrogen-bond donors (Lipinski definition) is 2. The van der Waals surface area contributed by atoms with Crippen molar-refractivity contribution in [2.45, 2.75) is 13.0 Å². The number of benzene rings is 1. The Morgan fingerprint density at radius 3 is 2.71 bits per heavy atom. The molecule has 3 nitrogen and oxygen atoms in total. The van der Waals surface area contributed by atoms with Crippen LogP contribution in [-0.2, 0) is 0 Å². The van der Waals surface area contributed by atoms with Crippen molar-refractivity contribution in [3.63, 3.8) is 0 Å². The molecule has 1 rings (SSSR count). The highest BCUT2D eigenvalue weighted by molar-refractivity contribution is 5.53. The number of anilines is 1. The fraction of sp³-hybridized carbons (Fsp3) is 0.333. The first-order chi connectivity index (χ1) is 6.52. The van der Waals surface area contributed by atoms with Gasteiger partial charge in [-0.3, -0.25) is 0 Å². The van der Waals surface area contributed by atoms with Gasteiger partial charge in [-0.2, -0.15) is 4.39 Å². The summed E-state index contributed by atoms with van der Waals surface area (Å²) in [6.07, 6.45) is -0.767. The van der Waals surface area contributed by atoms with Gasteiger partial charge in [0, 0.05) is 0 Å². The van der Waals surface area contributed by atoms with E-state index in [9.17, 15) is 8.78 Å². The third kappa shape index (κ3) is 2.32. The van der Waals surface area contributed by atoms with E-state index in [0.29, 0.717) is 0 Å². The number of nitrogens with two attached hydrogens (primary N) is 1. The van der Waals surface area contributed by atoms with E-state index in [1.165, 1.54) is 13.0 Å². The smallest absolute Gasteiger partial charge is 0.202 e. The van der Waals surface area contributed by atoms with E-state index in [1.54, 1.807) is 0 Å². The summed E-state index contributed by atoms with van der Waals surface area (Å²) in [5.74, 6) is -2.52. The quantitative estimate of drug-likeness (QED) is 0.728. The molecule has 0 amide bonds. The van der Waals surface area contributed by atoms with E-state index < -0.39 is 17.7 Å². The molecular formula is C9H11F2NO2. The minimum Gasteiger partial charge on any atom is -0.486 e. The van der Waals surface area contributed by atoms with E-state index in [1.807, 2.05) is 0 Å². The highest BCUT2D eigenvalue weighted by Crippen LogP contribution is 2.27. The van der Waals surface area contributed by atoms with Gasteiger partial charge in [-0.25, -0.2) is 4.39 Å². The highest BCUT2D eigenvalue weighted by Gasteiger charge is 2.13. The molecule has 0 bridgehead atoms. The maximum Gasteiger partial charge on any atom is 0.202 e. The number of ether oxygens (including phenoxy) is 1. The molecule has 0 fully saturated rings. The van der Waals surface area contributed by atoms with E-state index in [0.717, 1.165) is 6.07 Å². The fourth-order valence-electron chi connectivity index (χ4n) is 0.898. The Morgan fingerprint density at radius 1 is 1.50 bits per heavy atom. The second kappa shape index (κ2) is 4.23. The van der Waals surface area contributed by atoms with Gasteiger partial charge in [-0.05, 0) is 19.1 Å². The first-order valence-electron chi connectivity index (χ1n) is 4.06. The van der Waals surface area contributed by atoms with Crippen molar-refractivity contribution in [1.82, 2.24) is 0 Å². The Balaban J connectivity index is 2.89. The van der Waals surface area contributed by atoms with Gasteiger partial charge in [-0.1, -0.05) is 0 Å². The first-order valence-corrected chi connectivity index (χ1v) is 4.06. The molecular weight excluding hydrogens is 192 g/mol. The molecule has 1 atom stereocenters. The highest BCUT2D eigenvalue weighted by atomic mass is 19.2. The first kappa shape index (κ1) is 10.7. The third-order valence-electron chi connectivity index (χ3n) is 1.55. The van der Waals surface area contributed by atoms with E-state index in [4.69, 9.17) is 15.6 Å². The van der Waals surface area contributed by atoms with E-state index in [2.05, 4.69) is 0 Å². The summed E-state index contributed by atoms with van der Waals surface area (Å²) in [4.78, 5) is 0. The summed E-state index contributed by atoms with van der Waals surface area (Å²) in [5.41, 5.74) is 5.37. The predicted octanol–water partition coefficient (Wildman–Crippen LogP) is 1.31. The molecule has 0 unspecified atom stereocenters. The molecule has 78 valence electrons. The number of aliphatic hydroxyl groups excluding tert-OH is 1. The third-order valence-corrected chi connectivity index (χ3v) is 1.55. The number of halogens is 2. The van der Waals surface area contributed by atoms with Crippen LogP contribution < -0.4 is 10.5 Å². The Hall–Kier alpha value is -1.36. The zero-order chi connectivity index (χ0) is 10.7. The van der Waals surface area contributed by atoms with Gasteiger partial charge in [0.25, 0.3) is 0 Å². The van der Waals surface area contributed by atoms with Gasteiger partial charge in [0.05, 0.1) is 11.8 Å². The van der Waals surface area contributed by atoms with Crippen LogP contribution in [0.3, 0.4) is 0 Å². The molecule has 0 saturated heterocycles. The molecule has 3 N–H and O–H groups in total. The van der Waals surface area contributed by atoms with Crippen LogP contribution in [0.15, 0.2) is 12.1 Å². The summed E-state index contributed by atoms with van der Waals surface area (Å²) >= 11 is 0. The molecule has 0 radical (unpaired) electrons. The summed E-state index contributed by atoms with van der Waals surface area (Å²) in [5, 5.41) is 8.88. The molecule has 0 aliphatic rings. The summed E-state index contributed by atoms with van der Waals surface area (Å²) in [6, 6.07) is 2.12. The van der Waals surface area contributed by atoms with Crippen molar-refractivity contribution < 1.29 is 18.6 Å². The SMILES string of the molecule is C[C@H](O)COc1c(N)ccc(F)c1F. The minimum absolute atomic E-state index is 0.00421. The second-order valence-corrected chi connectivity index (χ2v) is 2.94. The maximum absolute atomic E-state index is 13.1. The monoisotopic (exact) mass is 203 g/mol. The number of hydrogen-bond acceptors (Lipinski definition) is 3. The molecule has 0 aliphatic carbocycles. The van der Waals surface area contributed by atoms with Crippen LogP contribution >= 0.6 is 0 Å². The molecule has 0 heterocycles. The van der Waals surface area contributed by atoms with Crippen LogP contribution in [0.5, 0.6) is 5.75 Å². The average molecular weight is 203 g/mol. The number of nitrogen functional groups attached to an aromatic ring is 1. The van der Waals surface area contributed by atoms with Crippen molar-refractivity contribution in [2.24, 2.45) is 0 Å². The van der Waals surface area contributed by atoms with Crippen molar-refractivity contribution in [3.05, 3.63) is 23.8 Å². The second-order valence-electron chi connectivity index (χ2n) is 2.94. The van der Waals surface area contributed by atoms with Gasteiger partial charge in [0.2, 0.25) is 5.82 Å². The summed E-state index contributed by atoms with van der Waals surface area (Å²) < 4.78 is 30.6. The van der Waals surface area contributed by atoms with Gasteiger partial charge in [0.1, 0.15) is 6.61 Å². The topological polar surface area (TPSA) is 55.5 Å². The lowest BCUT2D eigenvalue weighted by Gasteiger charge is -2.11. The molecule has 0 spiro atoms. The minimum atomic E-state index is -1.13. The van der Waals surface area contributed by atoms with E-state index >= 15 is 0 Å². The van der Waals surface area contributed by atoms with Crippen molar-refractivity contribution in [1.29, 1.82) is 0 Å². The summed E-state index contributed by atoms with van der Waals surface area (Å²) in [7, 11) is 0. The average Bonchev–Trinajstić information content (AvgIpc) is 2.11. The molecule has 1 aromatic rings. The lowest BCUT2D eigenvalue weighted by Crippen LogP contribution is -2.14. The van der Waals surface area contributed by atoms with Crippen LogP contribution in [0.25, 0.3) is 0 Å². The van der Waals surface area contributed by atoms with Crippen molar-refractivity contribution in [2.75, 3.05) is 12.3 Å². The molecule has 0 aromatic heterocycles. The van der Waals surface area contributed by atoms with E-state index in [-0.39, 0.29) is 18.0 Å².